The molecule has 2 aromatic heterocycles. The number of methoxy groups -OCH3 is 1. The number of halogens is 1. The fourth-order valence-electron chi connectivity index (χ4n) is 3.42. The summed E-state index contributed by atoms with van der Waals surface area (Å²) in [6.07, 6.45) is 0.524. The Labute approximate surface area is 160 Å². The van der Waals surface area contributed by atoms with E-state index in [0.29, 0.717) is 41.0 Å². The lowest BCUT2D eigenvalue weighted by Gasteiger charge is -2.06. The highest BCUT2D eigenvalue weighted by molar-refractivity contribution is 6.07. The van der Waals surface area contributed by atoms with Crippen LogP contribution in [-0.2, 0) is 13.5 Å². The standard InChI is InChI=1S/C21H20FN3O3/c1-12-20(15-11-14(27-3)5-7-18(15)28-12)21(26)23-9-8-19-24-16-6-4-13(22)10-17(16)25(19)2/h4-7,10-11H,8-9H2,1-3H3,(H,23,26). The highest BCUT2D eigenvalue weighted by Crippen LogP contribution is 2.29. The molecule has 0 atom stereocenters. The monoisotopic (exact) mass is 381 g/mol. The van der Waals surface area contributed by atoms with Crippen molar-refractivity contribution in [1.82, 2.24) is 14.9 Å². The lowest BCUT2D eigenvalue weighted by molar-refractivity contribution is 0.0954. The Morgan fingerprint density at radius 2 is 2.11 bits per heavy atom. The molecular weight excluding hydrogens is 361 g/mol. The number of nitrogens with zero attached hydrogens (tertiary/aromatic N) is 2. The number of ether oxygens (including phenoxy) is 1. The molecule has 0 unspecified atom stereocenters. The summed E-state index contributed by atoms with van der Waals surface area (Å²) in [4.78, 5) is 17.3. The van der Waals surface area contributed by atoms with E-state index >= 15 is 0 Å². The number of benzene rings is 2. The van der Waals surface area contributed by atoms with Gasteiger partial charge in [0.05, 0.1) is 23.7 Å². The minimum atomic E-state index is -0.298. The molecule has 28 heavy (non-hydrogen) atoms. The van der Waals surface area contributed by atoms with Gasteiger partial charge in [-0.1, -0.05) is 0 Å². The number of amides is 1. The Hall–Kier alpha value is -3.35. The molecule has 0 aliphatic rings. The van der Waals surface area contributed by atoms with Gasteiger partial charge in [-0.2, -0.15) is 0 Å². The lowest BCUT2D eigenvalue weighted by atomic mass is 10.1. The fourth-order valence-corrected chi connectivity index (χ4v) is 3.42. The number of hydrogen-bond acceptors (Lipinski definition) is 4. The molecule has 7 heteroatoms. The number of rotatable bonds is 5. The maximum Gasteiger partial charge on any atom is 0.255 e. The van der Waals surface area contributed by atoms with Gasteiger partial charge in [-0.25, -0.2) is 9.37 Å². The van der Waals surface area contributed by atoms with E-state index in [4.69, 9.17) is 9.15 Å². The molecule has 2 aromatic carbocycles. The van der Waals surface area contributed by atoms with Crippen molar-refractivity contribution in [3.05, 3.63) is 59.4 Å². The molecule has 144 valence electrons. The molecule has 0 bridgehead atoms. The number of aryl methyl sites for hydroxylation is 2. The molecular formula is C21H20FN3O3. The van der Waals surface area contributed by atoms with Gasteiger partial charge in [0.2, 0.25) is 0 Å². The van der Waals surface area contributed by atoms with Crippen molar-refractivity contribution < 1.29 is 18.3 Å². The van der Waals surface area contributed by atoms with Crippen molar-refractivity contribution in [2.45, 2.75) is 13.3 Å². The van der Waals surface area contributed by atoms with E-state index in [1.807, 2.05) is 11.6 Å². The SMILES string of the molecule is COc1ccc2oc(C)c(C(=O)NCCc3nc4ccc(F)cc4n3C)c2c1. The van der Waals surface area contributed by atoms with Crippen LogP contribution >= 0.6 is 0 Å². The molecule has 0 aliphatic heterocycles. The van der Waals surface area contributed by atoms with Gasteiger partial charge < -0.3 is 19.0 Å². The van der Waals surface area contributed by atoms with Crippen LogP contribution < -0.4 is 10.1 Å². The third kappa shape index (κ3) is 3.09. The summed E-state index contributed by atoms with van der Waals surface area (Å²) in [5.74, 6) is 1.48. The molecule has 0 radical (unpaired) electrons. The van der Waals surface area contributed by atoms with Crippen molar-refractivity contribution in [2.75, 3.05) is 13.7 Å². The minimum Gasteiger partial charge on any atom is -0.497 e. The molecule has 4 aromatic rings. The van der Waals surface area contributed by atoms with Gasteiger partial charge >= 0.3 is 0 Å². The zero-order valence-corrected chi connectivity index (χ0v) is 15.9. The molecule has 2 heterocycles. The first-order valence-corrected chi connectivity index (χ1v) is 8.94. The van der Waals surface area contributed by atoms with Crippen LogP contribution in [0.2, 0.25) is 0 Å². The second-order valence-corrected chi connectivity index (χ2v) is 6.62. The molecule has 1 N–H and O–H groups in total. The smallest absolute Gasteiger partial charge is 0.255 e. The van der Waals surface area contributed by atoms with Crippen LogP contribution in [-0.4, -0.2) is 29.1 Å². The summed E-state index contributed by atoms with van der Waals surface area (Å²) in [7, 11) is 3.42. The summed E-state index contributed by atoms with van der Waals surface area (Å²) in [5, 5.41) is 3.64. The van der Waals surface area contributed by atoms with E-state index in [0.717, 1.165) is 16.9 Å². The van der Waals surface area contributed by atoms with Crippen LogP contribution in [0.25, 0.3) is 22.0 Å². The normalized spacial score (nSPS) is 11.3. The van der Waals surface area contributed by atoms with Crippen molar-refractivity contribution >= 4 is 27.9 Å². The molecule has 4 rings (SSSR count). The number of furan rings is 1. The number of hydrogen-bond donors (Lipinski definition) is 1. The van der Waals surface area contributed by atoms with E-state index in [-0.39, 0.29) is 11.7 Å². The Kier molecular flexibility index (Phi) is 4.50. The predicted molar refractivity (Wildman–Crippen MR) is 104 cm³/mol. The number of aromatic nitrogens is 2. The molecule has 0 aliphatic carbocycles. The number of nitrogens with one attached hydrogen (secondary N) is 1. The second-order valence-electron chi connectivity index (χ2n) is 6.62. The Morgan fingerprint density at radius 3 is 2.89 bits per heavy atom. The Balaban J connectivity index is 1.52. The molecule has 0 saturated heterocycles. The quantitative estimate of drug-likeness (QED) is 0.572. The first-order chi connectivity index (χ1) is 13.5. The topological polar surface area (TPSA) is 69.3 Å². The molecule has 1 amide bonds. The van der Waals surface area contributed by atoms with Crippen LogP contribution in [0.5, 0.6) is 5.75 Å². The number of carbonyl (C=O) groups excluding carboxylic acids is 1. The highest BCUT2D eigenvalue weighted by atomic mass is 19.1. The van der Waals surface area contributed by atoms with Gasteiger partial charge in [-0.3, -0.25) is 4.79 Å². The zero-order valence-electron chi connectivity index (χ0n) is 15.9. The molecule has 0 fully saturated rings. The van der Waals surface area contributed by atoms with Crippen LogP contribution in [0.4, 0.5) is 4.39 Å². The van der Waals surface area contributed by atoms with E-state index in [9.17, 15) is 9.18 Å². The fraction of sp³-hybridized carbons (Fsp3) is 0.238. The number of fused-ring (bicyclic) bond motifs is 2. The van der Waals surface area contributed by atoms with Gasteiger partial charge in [0, 0.05) is 25.4 Å². The van der Waals surface area contributed by atoms with Crippen molar-refractivity contribution in [3.63, 3.8) is 0 Å². The minimum absolute atomic E-state index is 0.214. The first kappa shape index (κ1) is 18.0. The number of imidazole rings is 1. The summed E-state index contributed by atoms with van der Waals surface area (Å²) in [5.41, 5.74) is 2.60. The Morgan fingerprint density at radius 1 is 1.29 bits per heavy atom. The molecule has 0 saturated carbocycles. The van der Waals surface area contributed by atoms with Gasteiger partial charge in [0.1, 0.15) is 28.7 Å². The first-order valence-electron chi connectivity index (χ1n) is 8.94. The van der Waals surface area contributed by atoms with E-state index in [1.54, 1.807) is 38.3 Å². The van der Waals surface area contributed by atoms with Crippen LogP contribution in [0.3, 0.4) is 0 Å². The van der Waals surface area contributed by atoms with Crippen molar-refractivity contribution in [3.8, 4) is 5.75 Å². The van der Waals surface area contributed by atoms with Gasteiger partial charge in [0.15, 0.2) is 0 Å². The van der Waals surface area contributed by atoms with Crippen LogP contribution in [0.15, 0.2) is 40.8 Å². The predicted octanol–water partition coefficient (Wildman–Crippen LogP) is 3.75. The van der Waals surface area contributed by atoms with E-state index in [2.05, 4.69) is 10.3 Å². The summed E-state index contributed by atoms with van der Waals surface area (Å²) >= 11 is 0. The largest absolute Gasteiger partial charge is 0.497 e. The van der Waals surface area contributed by atoms with Crippen molar-refractivity contribution in [1.29, 1.82) is 0 Å². The second kappa shape index (κ2) is 6.99. The third-order valence-corrected chi connectivity index (χ3v) is 4.87. The summed E-state index contributed by atoms with van der Waals surface area (Å²) < 4.78 is 26.2. The highest BCUT2D eigenvalue weighted by Gasteiger charge is 2.19. The zero-order chi connectivity index (χ0) is 19.8. The average molecular weight is 381 g/mol. The maximum absolute atomic E-state index is 13.4. The lowest BCUT2D eigenvalue weighted by Crippen LogP contribution is -2.26. The van der Waals surface area contributed by atoms with Gasteiger partial charge in [-0.15, -0.1) is 0 Å². The summed E-state index contributed by atoms with van der Waals surface area (Å²) in [6, 6.07) is 9.88. The van der Waals surface area contributed by atoms with Gasteiger partial charge in [-0.05, 0) is 43.3 Å². The number of carbonyl (C=O) groups is 1. The van der Waals surface area contributed by atoms with Crippen LogP contribution in [0.1, 0.15) is 21.9 Å². The molecule has 0 spiro atoms. The van der Waals surface area contributed by atoms with E-state index < -0.39 is 0 Å². The van der Waals surface area contributed by atoms with Crippen molar-refractivity contribution in [2.24, 2.45) is 7.05 Å². The molecule has 6 nitrogen and oxygen atoms in total. The Bertz CT molecular complexity index is 1190. The average Bonchev–Trinajstić information content (AvgIpc) is 3.17. The maximum atomic E-state index is 13.4. The van der Waals surface area contributed by atoms with Crippen LogP contribution in [0, 0.1) is 12.7 Å². The third-order valence-electron chi connectivity index (χ3n) is 4.87. The van der Waals surface area contributed by atoms with Gasteiger partial charge in [0.25, 0.3) is 5.91 Å². The van der Waals surface area contributed by atoms with E-state index in [1.165, 1.54) is 12.1 Å². The summed E-state index contributed by atoms with van der Waals surface area (Å²) in [6.45, 7) is 2.16.